The van der Waals surface area contributed by atoms with Crippen LogP contribution >= 0.6 is 0 Å². The average molecular weight is 389 g/mol. The van der Waals surface area contributed by atoms with E-state index < -0.39 is 10.0 Å². The first-order valence-corrected chi connectivity index (χ1v) is 11.1. The fourth-order valence-electron chi connectivity index (χ4n) is 3.41. The molecule has 146 valence electrons. The number of nitrogens with one attached hydrogen (secondary N) is 1. The van der Waals surface area contributed by atoms with Gasteiger partial charge in [0.25, 0.3) is 0 Å². The third kappa shape index (κ3) is 5.84. The van der Waals surface area contributed by atoms with E-state index in [1.165, 1.54) is 5.56 Å². The summed E-state index contributed by atoms with van der Waals surface area (Å²) < 4.78 is 26.6. The van der Waals surface area contributed by atoms with Gasteiger partial charge < -0.3 is 0 Å². The van der Waals surface area contributed by atoms with Gasteiger partial charge in [-0.1, -0.05) is 36.4 Å². The minimum Gasteiger partial charge on any atom is -0.297 e. The van der Waals surface area contributed by atoms with E-state index in [2.05, 4.69) is 43.8 Å². The SMILES string of the molecule is CCS(=O)(=O)NC[C@H](c1cccnc1)N1CCN(Cc2ccccc2)CC1. The predicted octanol–water partition coefficient (Wildman–Crippen LogP) is 1.88. The lowest BCUT2D eigenvalue weighted by Crippen LogP contribution is -2.49. The highest BCUT2D eigenvalue weighted by Crippen LogP contribution is 2.22. The van der Waals surface area contributed by atoms with Crippen molar-refractivity contribution in [2.45, 2.75) is 19.5 Å². The fraction of sp³-hybridized carbons (Fsp3) is 0.450. The monoisotopic (exact) mass is 388 g/mol. The molecule has 1 atom stereocenters. The number of pyridine rings is 1. The number of rotatable bonds is 8. The van der Waals surface area contributed by atoms with Crippen LogP contribution in [0.2, 0.25) is 0 Å². The molecule has 0 unspecified atom stereocenters. The summed E-state index contributed by atoms with van der Waals surface area (Å²) in [5, 5.41) is 0. The molecule has 0 amide bonds. The number of hydrogen-bond donors (Lipinski definition) is 1. The molecule has 6 nitrogen and oxygen atoms in total. The van der Waals surface area contributed by atoms with Crippen LogP contribution in [-0.4, -0.2) is 61.7 Å². The Bertz CT molecular complexity index is 791. The van der Waals surface area contributed by atoms with Gasteiger partial charge in [-0.15, -0.1) is 0 Å². The topological polar surface area (TPSA) is 65.5 Å². The minimum absolute atomic E-state index is 0.00102. The Balaban J connectivity index is 1.63. The van der Waals surface area contributed by atoms with Crippen LogP contribution in [0.1, 0.15) is 24.1 Å². The van der Waals surface area contributed by atoms with Crippen molar-refractivity contribution in [3.8, 4) is 0 Å². The second kappa shape index (κ2) is 9.41. The number of benzene rings is 1. The van der Waals surface area contributed by atoms with E-state index in [9.17, 15) is 8.42 Å². The molecular formula is C20H28N4O2S. The van der Waals surface area contributed by atoms with Gasteiger partial charge in [0.2, 0.25) is 10.0 Å². The van der Waals surface area contributed by atoms with Crippen LogP contribution < -0.4 is 4.72 Å². The maximum Gasteiger partial charge on any atom is 0.211 e. The van der Waals surface area contributed by atoms with Crippen LogP contribution in [0.5, 0.6) is 0 Å². The van der Waals surface area contributed by atoms with Crippen molar-refractivity contribution in [2.24, 2.45) is 0 Å². The van der Waals surface area contributed by atoms with E-state index in [4.69, 9.17) is 0 Å². The molecule has 27 heavy (non-hydrogen) atoms. The molecule has 0 aliphatic carbocycles. The molecule has 1 N–H and O–H groups in total. The van der Waals surface area contributed by atoms with Gasteiger partial charge in [-0.05, 0) is 24.1 Å². The van der Waals surface area contributed by atoms with Gasteiger partial charge in [0.15, 0.2) is 0 Å². The van der Waals surface area contributed by atoms with Crippen LogP contribution in [-0.2, 0) is 16.6 Å². The van der Waals surface area contributed by atoms with E-state index in [1.807, 2.05) is 24.4 Å². The average Bonchev–Trinajstić information content (AvgIpc) is 2.71. The Morgan fingerprint density at radius 2 is 1.81 bits per heavy atom. The minimum atomic E-state index is -3.22. The number of aromatic nitrogens is 1. The molecule has 7 heteroatoms. The van der Waals surface area contributed by atoms with Crippen molar-refractivity contribution in [1.82, 2.24) is 19.5 Å². The van der Waals surface area contributed by atoms with E-state index in [-0.39, 0.29) is 11.8 Å². The first-order valence-electron chi connectivity index (χ1n) is 9.45. The lowest BCUT2D eigenvalue weighted by Gasteiger charge is -2.39. The predicted molar refractivity (Wildman–Crippen MR) is 108 cm³/mol. The van der Waals surface area contributed by atoms with Gasteiger partial charge in [0, 0.05) is 57.7 Å². The zero-order chi connectivity index (χ0) is 19.1. The molecule has 1 aromatic heterocycles. The van der Waals surface area contributed by atoms with Crippen molar-refractivity contribution in [1.29, 1.82) is 0 Å². The zero-order valence-electron chi connectivity index (χ0n) is 15.8. The maximum atomic E-state index is 11.9. The van der Waals surface area contributed by atoms with E-state index in [1.54, 1.807) is 13.1 Å². The Labute approximate surface area is 162 Å². The summed E-state index contributed by atoms with van der Waals surface area (Å²) >= 11 is 0. The van der Waals surface area contributed by atoms with Crippen LogP contribution in [0.3, 0.4) is 0 Å². The summed E-state index contributed by atoms with van der Waals surface area (Å²) in [6.07, 6.45) is 3.58. The molecule has 0 radical (unpaired) electrons. The second-order valence-corrected chi connectivity index (χ2v) is 8.95. The van der Waals surface area contributed by atoms with Crippen LogP contribution in [0, 0.1) is 0 Å². The largest absolute Gasteiger partial charge is 0.297 e. The lowest BCUT2D eigenvalue weighted by molar-refractivity contribution is 0.0927. The molecule has 1 fully saturated rings. The van der Waals surface area contributed by atoms with Crippen molar-refractivity contribution in [2.75, 3.05) is 38.5 Å². The molecule has 1 aliphatic heterocycles. The van der Waals surface area contributed by atoms with Gasteiger partial charge in [0.05, 0.1) is 5.75 Å². The van der Waals surface area contributed by atoms with Crippen LogP contribution in [0.4, 0.5) is 0 Å². The van der Waals surface area contributed by atoms with Gasteiger partial charge >= 0.3 is 0 Å². The molecule has 0 bridgehead atoms. The van der Waals surface area contributed by atoms with Gasteiger partial charge in [-0.2, -0.15) is 0 Å². The van der Waals surface area contributed by atoms with Crippen molar-refractivity contribution < 1.29 is 8.42 Å². The molecule has 2 aromatic rings. The Hall–Kier alpha value is -1.80. The Kier molecular flexibility index (Phi) is 6.95. The summed E-state index contributed by atoms with van der Waals surface area (Å²) in [4.78, 5) is 9.03. The number of piperazine rings is 1. The first kappa shape index (κ1) is 19.9. The fourth-order valence-corrected chi connectivity index (χ4v) is 4.03. The molecule has 3 rings (SSSR count). The smallest absolute Gasteiger partial charge is 0.211 e. The van der Waals surface area contributed by atoms with Gasteiger partial charge in [0.1, 0.15) is 0 Å². The normalized spacial score (nSPS) is 17.7. The number of nitrogens with zero attached hydrogens (tertiary/aromatic N) is 3. The summed E-state index contributed by atoms with van der Waals surface area (Å²) in [6, 6.07) is 14.4. The van der Waals surface area contributed by atoms with Gasteiger partial charge in [-0.3, -0.25) is 14.8 Å². The van der Waals surface area contributed by atoms with Crippen molar-refractivity contribution in [3.63, 3.8) is 0 Å². The standard InChI is InChI=1S/C20H28N4O2S/c1-2-27(25,26)22-16-20(19-9-6-10-21-15-19)24-13-11-23(12-14-24)17-18-7-4-3-5-8-18/h3-10,15,20,22H,2,11-14,16-17H2,1H3/t20-/m1/s1. The molecule has 1 aliphatic rings. The highest BCUT2D eigenvalue weighted by Gasteiger charge is 2.26. The highest BCUT2D eigenvalue weighted by molar-refractivity contribution is 7.89. The molecular weight excluding hydrogens is 360 g/mol. The summed E-state index contributed by atoms with van der Waals surface area (Å²) in [5.41, 5.74) is 2.37. The van der Waals surface area contributed by atoms with Crippen LogP contribution in [0.25, 0.3) is 0 Å². The third-order valence-corrected chi connectivity index (χ3v) is 6.41. The maximum absolute atomic E-state index is 11.9. The Morgan fingerprint density at radius 3 is 2.44 bits per heavy atom. The van der Waals surface area contributed by atoms with E-state index >= 15 is 0 Å². The first-order chi connectivity index (χ1) is 13.1. The number of sulfonamides is 1. The summed E-state index contributed by atoms with van der Waals surface area (Å²) in [6.45, 7) is 6.72. The van der Waals surface area contributed by atoms with E-state index in [0.29, 0.717) is 6.54 Å². The van der Waals surface area contributed by atoms with E-state index in [0.717, 1.165) is 38.3 Å². The Morgan fingerprint density at radius 1 is 1.07 bits per heavy atom. The molecule has 1 aromatic carbocycles. The van der Waals surface area contributed by atoms with Crippen LogP contribution in [0.15, 0.2) is 54.9 Å². The zero-order valence-corrected chi connectivity index (χ0v) is 16.6. The van der Waals surface area contributed by atoms with Crippen molar-refractivity contribution >= 4 is 10.0 Å². The quantitative estimate of drug-likeness (QED) is 0.748. The third-order valence-electron chi connectivity index (χ3n) is 5.04. The number of hydrogen-bond acceptors (Lipinski definition) is 5. The second-order valence-electron chi connectivity index (χ2n) is 6.85. The molecule has 0 spiro atoms. The molecule has 2 heterocycles. The summed E-state index contributed by atoms with van der Waals surface area (Å²) in [7, 11) is -3.22. The van der Waals surface area contributed by atoms with Gasteiger partial charge in [-0.25, -0.2) is 13.1 Å². The lowest BCUT2D eigenvalue weighted by atomic mass is 10.1. The molecule has 1 saturated heterocycles. The highest BCUT2D eigenvalue weighted by atomic mass is 32.2. The molecule has 0 saturated carbocycles. The summed E-state index contributed by atoms with van der Waals surface area (Å²) in [5.74, 6) is 0.0949. The van der Waals surface area contributed by atoms with Crippen molar-refractivity contribution in [3.05, 3.63) is 66.0 Å².